The van der Waals surface area contributed by atoms with Crippen molar-refractivity contribution in [2.75, 3.05) is 18.5 Å². The number of halogens is 1. The SMILES string of the molecule is CCCn1ncc(NCCOC(N)=O)c(Br)c1=O. The normalized spacial score (nSPS) is 10.1. The summed E-state index contributed by atoms with van der Waals surface area (Å²) >= 11 is 3.21. The number of ether oxygens (including phenoxy) is 1. The fourth-order valence-electron chi connectivity index (χ4n) is 1.30. The number of carbonyl (C=O) groups is 1. The van der Waals surface area contributed by atoms with E-state index in [-0.39, 0.29) is 12.2 Å². The molecule has 1 aromatic rings. The van der Waals surface area contributed by atoms with E-state index in [0.29, 0.717) is 23.2 Å². The lowest BCUT2D eigenvalue weighted by Gasteiger charge is -2.09. The minimum absolute atomic E-state index is 0.125. The Morgan fingerprint density at radius 3 is 3.00 bits per heavy atom. The Morgan fingerprint density at radius 2 is 2.39 bits per heavy atom. The predicted molar refractivity (Wildman–Crippen MR) is 70.5 cm³/mol. The molecule has 1 heterocycles. The number of hydrogen-bond donors (Lipinski definition) is 2. The average Bonchev–Trinajstić information content (AvgIpc) is 2.33. The summed E-state index contributed by atoms with van der Waals surface area (Å²) in [5, 5.41) is 6.94. The van der Waals surface area contributed by atoms with Crippen LogP contribution in [0.4, 0.5) is 10.5 Å². The molecule has 0 spiro atoms. The van der Waals surface area contributed by atoms with Crippen LogP contribution >= 0.6 is 15.9 Å². The highest BCUT2D eigenvalue weighted by Gasteiger charge is 2.07. The summed E-state index contributed by atoms with van der Waals surface area (Å²) < 4.78 is 6.34. The van der Waals surface area contributed by atoms with Gasteiger partial charge < -0.3 is 15.8 Å². The molecule has 0 aliphatic rings. The number of nitrogens with two attached hydrogens (primary N) is 1. The van der Waals surface area contributed by atoms with Crippen LogP contribution in [0.5, 0.6) is 0 Å². The number of carbonyl (C=O) groups excluding carboxylic acids is 1. The first-order chi connectivity index (χ1) is 8.56. The first kappa shape index (κ1) is 14.5. The summed E-state index contributed by atoms with van der Waals surface area (Å²) in [5.74, 6) is 0. The summed E-state index contributed by atoms with van der Waals surface area (Å²) in [6, 6.07) is 0. The maximum atomic E-state index is 11.8. The van der Waals surface area contributed by atoms with Gasteiger partial charge in [0.25, 0.3) is 5.56 Å². The van der Waals surface area contributed by atoms with Gasteiger partial charge in [-0.25, -0.2) is 9.48 Å². The monoisotopic (exact) mass is 318 g/mol. The molecule has 0 bridgehead atoms. The highest BCUT2D eigenvalue weighted by atomic mass is 79.9. The number of hydrogen-bond acceptors (Lipinski definition) is 5. The molecule has 0 aliphatic carbocycles. The van der Waals surface area contributed by atoms with Crippen LogP contribution in [0.15, 0.2) is 15.5 Å². The molecule has 0 saturated carbocycles. The van der Waals surface area contributed by atoms with E-state index >= 15 is 0 Å². The van der Waals surface area contributed by atoms with Crippen molar-refractivity contribution in [1.29, 1.82) is 0 Å². The van der Waals surface area contributed by atoms with Crippen LogP contribution in [0.25, 0.3) is 0 Å². The van der Waals surface area contributed by atoms with Gasteiger partial charge in [-0.3, -0.25) is 4.79 Å². The number of anilines is 1. The van der Waals surface area contributed by atoms with E-state index in [1.165, 1.54) is 4.68 Å². The summed E-state index contributed by atoms with van der Waals surface area (Å²) in [6.45, 7) is 3.01. The maximum Gasteiger partial charge on any atom is 0.404 e. The highest BCUT2D eigenvalue weighted by Crippen LogP contribution is 2.15. The van der Waals surface area contributed by atoms with E-state index in [1.54, 1.807) is 6.20 Å². The molecule has 7 nitrogen and oxygen atoms in total. The fraction of sp³-hybridized carbons (Fsp3) is 0.500. The fourth-order valence-corrected chi connectivity index (χ4v) is 1.74. The molecule has 0 aliphatic heterocycles. The van der Waals surface area contributed by atoms with Crippen LogP contribution in [0, 0.1) is 0 Å². The minimum Gasteiger partial charge on any atom is -0.448 e. The number of nitrogens with one attached hydrogen (secondary N) is 1. The molecule has 18 heavy (non-hydrogen) atoms. The van der Waals surface area contributed by atoms with Gasteiger partial charge in [-0.05, 0) is 22.4 Å². The molecular weight excluding hydrogens is 304 g/mol. The molecule has 1 amide bonds. The van der Waals surface area contributed by atoms with E-state index in [1.807, 2.05) is 6.92 Å². The van der Waals surface area contributed by atoms with Crippen molar-refractivity contribution >= 4 is 27.7 Å². The molecule has 1 rings (SSSR count). The zero-order chi connectivity index (χ0) is 13.5. The summed E-state index contributed by atoms with van der Waals surface area (Å²) in [7, 11) is 0. The zero-order valence-corrected chi connectivity index (χ0v) is 11.6. The number of primary amides is 1. The van der Waals surface area contributed by atoms with Crippen molar-refractivity contribution in [3.05, 3.63) is 21.0 Å². The molecule has 3 N–H and O–H groups in total. The smallest absolute Gasteiger partial charge is 0.404 e. The van der Waals surface area contributed by atoms with E-state index in [9.17, 15) is 9.59 Å². The zero-order valence-electron chi connectivity index (χ0n) is 9.98. The van der Waals surface area contributed by atoms with Crippen LogP contribution in [0.3, 0.4) is 0 Å². The van der Waals surface area contributed by atoms with Gasteiger partial charge >= 0.3 is 6.09 Å². The van der Waals surface area contributed by atoms with Crippen molar-refractivity contribution in [3.63, 3.8) is 0 Å². The maximum absolute atomic E-state index is 11.8. The molecule has 0 unspecified atom stereocenters. The standard InChI is InChI=1S/C10H15BrN4O3/c1-2-4-15-9(16)8(11)7(6-14-15)13-3-5-18-10(12)17/h6,13H,2-5H2,1H3,(H2,12,17). The largest absolute Gasteiger partial charge is 0.448 e. The molecule has 100 valence electrons. The van der Waals surface area contributed by atoms with Crippen molar-refractivity contribution in [1.82, 2.24) is 9.78 Å². The lowest BCUT2D eigenvalue weighted by molar-refractivity contribution is 0.161. The minimum atomic E-state index is -0.827. The van der Waals surface area contributed by atoms with Gasteiger partial charge in [0.1, 0.15) is 11.1 Å². The van der Waals surface area contributed by atoms with E-state index < -0.39 is 6.09 Å². The summed E-state index contributed by atoms with van der Waals surface area (Å²) in [6.07, 6.45) is 1.55. The van der Waals surface area contributed by atoms with Gasteiger partial charge in [0.15, 0.2) is 0 Å². The lowest BCUT2D eigenvalue weighted by atomic mass is 10.4. The van der Waals surface area contributed by atoms with Crippen LogP contribution in [0.2, 0.25) is 0 Å². The second kappa shape index (κ2) is 7.00. The Hall–Kier alpha value is -1.57. The predicted octanol–water partition coefficient (Wildman–Crippen LogP) is 0.923. The summed E-state index contributed by atoms with van der Waals surface area (Å²) in [5.41, 5.74) is 5.17. The first-order valence-corrected chi connectivity index (χ1v) is 6.27. The number of nitrogens with zero attached hydrogens (tertiary/aromatic N) is 2. The van der Waals surface area contributed by atoms with E-state index in [4.69, 9.17) is 5.73 Å². The van der Waals surface area contributed by atoms with Crippen LogP contribution < -0.4 is 16.6 Å². The van der Waals surface area contributed by atoms with Gasteiger partial charge in [0.2, 0.25) is 0 Å². The van der Waals surface area contributed by atoms with Crippen molar-refractivity contribution < 1.29 is 9.53 Å². The second-order valence-electron chi connectivity index (χ2n) is 3.49. The summed E-state index contributed by atoms with van der Waals surface area (Å²) in [4.78, 5) is 22.2. The molecular formula is C10H15BrN4O3. The van der Waals surface area contributed by atoms with Gasteiger partial charge in [-0.15, -0.1) is 0 Å². The van der Waals surface area contributed by atoms with Crippen molar-refractivity contribution in [2.24, 2.45) is 5.73 Å². The molecule has 0 radical (unpaired) electrons. The van der Waals surface area contributed by atoms with Crippen LogP contribution in [-0.4, -0.2) is 29.0 Å². The Kier molecular flexibility index (Phi) is 5.63. The third kappa shape index (κ3) is 4.02. The first-order valence-electron chi connectivity index (χ1n) is 5.48. The van der Waals surface area contributed by atoms with Crippen LogP contribution in [-0.2, 0) is 11.3 Å². The Balaban J connectivity index is 2.65. The number of aryl methyl sites for hydroxylation is 1. The molecule has 0 fully saturated rings. The average molecular weight is 319 g/mol. The Labute approximate surface area is 112 Å². The topological polar surface area (TPSA) is 99.2 Å². The number of rotatable bonds is 6. The van der Waals surface area contributed by atoms with Crippen molar-refractivity contribution in [3.8, 4) is 0 Å². The van der Waals surface area contributed by atoms with Gasteiger partial charge in [-0.2, -0.15) is 5.10 Å². The molecule has 1 aromatic heterocycles. The Bertz CT molecular complexity index is 475. The van der Waals surface area contributed by atoms with Gasteiger partial charge in [-0.1, -0.05) is 6.92 Å². The lowest BCUT2D eigenvalue weighted by Crippen LogP contribution is -2.25. The Morgan fingerprint density at radius 1 is 1.67 bits per heavy atom. The van der Waals surface area contributed by atoms with Crippen molar-refractivity contribution in [2.45, 2.75) is 19.9 Å². The second-order valence-corrected chi connectivity index (χ2v) is 4.29. The van der Waals surface area contributed by atoms with E-state index in [0.717, 1.165) is 6.42 Å². The quantitative estimate of drug-likeness (QED) is 0.760. The van der Waals surface area contributed by atoms with Gasteiger partial charge in [0.05, 0.1) is 11.9 Å². The van der Waals surface area contributed by atoms with Gasteiger partial charge in [0, 0.05) is 13.1 Å². The molecule has 0 saturated heterocycles. The third-order valence-electron chi connectivity index (χ3n) is 2.08. The van der Waals surface area contributed by atoms with Crippen LogP contribution in [0.1, 0.15) is 13.3 Å². The van der Waals surface area contributed by atoms with E-state index in [2.05, 4.69) is 31.1 Å². The molecule has 0 aromatic carbocycles. The molecule has 8 heteroatoms. The third-order valence-corrected chi connectivity index (χ3v) is 2.85. The highest BCUT2D eigenvalue weighted by molar-refractivity contribution is 9.10. The number of amides is 1. The number of aromatic nitrogens is 2. The molecule has 0 atom stereocenters.